The van der Waals surface area contributed by atoms with E-state index in [1.54, 1.807) is 17.4 Å². The molecule has 1 amide bonds. The van der Waals surface area contributed by atoms with Crippen molar-refractivity contribution in [2.75, 3.05) is 17.2 Å². The van der Waals surface area contributed by atoms with Crippen molar-refractivity contribution in [3.8, 4) is 11.3 Å². The van der Waals surface area contributed by atoms with E-state index in [1.807, 2.05) is 30.5 Å². The molecule has 2 N–H and O–H groups in total. The number of aromatic nitrogens is 1. The summed E-state index contributed by atoms with van der Waals surface area (Å²) in [6, 6.07) is 10.3. The van der Waals surface area contributed by atoms with Crippen molar-refractivity contribution in [3.63, 3.8) is 0 Å². The van der Waals surface area contributed by atoms with Crippen LogP contribution in [0.1, 0.15) is 5.01 Å². The lowest BCUT2D eigenvalue weighted by atomic mass is 10.1. The van der Waals surface area contributed by atoms with Crippen LogP contribution in [0.25, 0.3) is 11.3 Å². The predicted octanol–water partition coefficient (Wildman–Crippen LogP) is 4.45. The first-order valence-electron chi connectivity index (χ1n) is 7.52. The first-order valence-corrected chi connectivity index (χ1v) is 8.40. The van der Waals surface area contributed by atoms with E-state index >= 15 is 0 Å². The van der Waals surface area contributed by atoms with Crippen molar-refractivity contribution < 1.29 is 13.6 Å². The molecular weight excluding hydrogens is 344 g/mol. The largest absolute Gasteiger partial charge is 0.374 e. The Morgan fingerprint density at radius 1 is 1.20 bits per heavy atom. The van der Waals surface area contributed by atoms with Gasteiger partial charge in [0.2, 0.25) is 5.91 Å². The van der Waals surface area contributed by atoms with Crippen LogP contribution in [0, 0.1) is 18.6 Å². The normalized spacial score (nSPS) is 10.5. The number of aryl methyl sites for hydroxylation is 1. The van der Waals surface area contributed by atoms with Crippen LogP contribution >= 0.6 is 11.3 Å². The van der Waals surface area contributed by atoms with Gasteiger partial charge in [-0.15, -0.1) is 11.3 Å². The van der Waals surface area contributed by atoms with E-state index in [1.165, 1.54) is 0 Å². The molecule has 3 rings (SSSR count). The molecule has 25 heavy (non-hydrogen) atoms. The van der Waals surface area contributed by atoms with Crippen molar-refractivity contribution in [2.24, 2.45) is 0 Å². The van der Waals surface area contributed by atoms with E-state index in [9.17, 15) is 13.6 Å². The summed E-state index contributed by atoms with van der Waals surface area (Å²) < 4.78 is 26.6. The molecule has 0 unspecified atom stereocenters. The maximum atomic E-state index is 13.5. The summed E-state index contributed by atoms with van der Waals surface area (Å²) in [5.74, 6) is -1.55. The van der Waals surface area contributed by atoms with E-state index in [-0.39, 0.29) is 18.1 Å². The summed E-state index contributed by atoms with van der Waals surface area (Å²) in [5, 5.41) is 8.22. The van der Waals surface area contributed by atoms with Gasteiger partial charge in [0.1, 0.15) is 11.6 Å². The smallest absolute Gasteiger partial charge is 0.243 e. The molecule has 0 aliphatic rings. The molecule has 1 heterocycles. The average molecular weight is 359 g/mol. The molecule has 0 radical (unpaired) electrons. The predicted molar refractivity (Wildman–Crippen MR) is 95.8 cm³/mol. The highest BCUT2D eigenvalue weighted by Crippen LogP contribution is 2.24. The van der Waals surface area contributed by atoms with Crippen LogP contribution in [-0.2, 0) is 4.79 Å². The van der Waals surface area contributed by atoms with Crippen LogP contribution in [-0.4, -0.2) is 17.4 Å². The van der Waals surface area contributed by atoms with E-state index < -0.39 is 11.6 Å². The minimum atomic E-state index is -0.616. The number of carbonyl (C=O) groups is 1. The number of benzene rings is 2. The van der Waals surface area contributed by atoms with Crippen LogP contribution in [0.5, 0.6) is 0 Å². The Labute approximate surface area is 147 Å². The Hall–Kier alpha value is -2.80. The summed E-state index contributed by atoms with van der Waals surface area (Å²) in [6.45, 7) is 1.75. The van der Waals surface area contributed by atoms with Gasteiger partial charge in [0.25, 0.3) is 0 Å². The number of halogens is 2. The average Bonchev–Trinajstić information content (AvgIpc) is 3.02. The van der Waals surface area contributed by atoms with Crippen molar-refractivity contribution >= 4 is 28.6 Å². The molecule has 0 atom stereocenters. The molecule has 0 aliphatic carbocycles. The third-order valence-electron chi connectivity index (χ3n) is 3.43. The molecule has 1 aromatic heterocycles. The van der Waals surface area contributed by atoms with Crippen LogP contribution in [0.2, 0.25) is 0 Å². The molecule has 0 spiro atoms. The summed E-state index contributed by atoms with van der Waals surface area (Å²) in [6.07, 6.45) is 0. The fourth-order valence-corrected chi connectivity index (χ4v) is 2.89. The summed E-state index contributed by atoms with van der Waals surface area (Å²) in [4.78, 5) is 16.4. The third kappa shape index (κ3) is 4.39. The number of rotatable bonds is 5. The zero-order valence-corrected chi connectivity index (χ0v) is 14.2. The topological polar surface area (TPSA) is 54.0 Å². The number of thiazole rings is 1. The molecule has 0 aliphatic heterocycles. The van der Waals surface area contributed by atoms with Gasteiger partial charge in [-0.05, 0) is 37.3 Å². The number of nitrogens with zero attached hydrogens (tertiary/aromatic N) is 1. The maximum absolute atomic E-state index is 13.5. The highest BCUT2D eigenvalue weighted by atomic mass is 32.1. The highest BCUT2D eigenvalue weighted by molar-refractivity contribution is 7.09. The summed E-state index contributed by atoms with van der Waals surface area (Å²) in [7, 11) is 0. The molecule has 0 saturated carbocycles. The zero-order valence-electron chi connectivity index (χ0n) is 13.3. The van der Waals surface area contributed by atoms with Gasteiger partial charge in [0.15, 0.2) is 0 Å². The van der Waals surface area contributed by atoms with Crippen LogP contribution in [0.4, 0.5) is 20.2 Å². The summed E-state index contributed by atoms with van der Waals surface area (Å²) in [5.41, 5.74) is 2.29. The SMILES string of the molecule is Cc1nc(-c2cccc(NC(=O)CNc3cc(F)ccc3F)c2)cs1. The quantitative estimate of drug-likeness (QED) is 0.708. The Morgan fingerprint density at radius 2 is 2.04 bits per heavy atom. The van der Waals surface area contributed by atoms with Crippen molar-refractivity contribution in [3.05, 3.63) is 64.5 Å². The number of amides is 1. The van der Waals surface area contributed by atoms with Gasteiger partial charge in [-0.1, -0.05) is 12.1 Å². The molecular formula is C18H15F2N3OS. The van der Waals surface area contributed by atoms with E-state index in [2.05, 4.69) is 15.6 Å². The van der Waals surface area contributed by atoms with Crippen molar-refractivity contribution in [2.45, 2.75) is 6.92 Å². The molecule has 7 heteroatoms. The minimum absolute atomic E-state index is 0.0538. The Bertz CT molecular complexity index is 911. The van der Waals surface area contributed by atoms with Gasteiger partial charge in [-0.25, -0.2) is 13.8 Å². The first kappa shape index (κ1) is 17.0. The van der Waals surface area contributed by atoms with E-state index in [4.69, 9.17) is 0 Å². The van der Waals surface area contributed by atoms with Crippen LogP contribution in [0.15, 0.2) is 47.8 Å². The number of anilines is 2. The first-order chi connectivity index (χ1) is 12.0. The maximum Gasteiger partial charge on any atom is 0.243 e. The Morgan fingerprint density at radius 3 is 2.80 bits per heavy atom. The van der Waals surface area contributed by atoms with Crippen molar-refractivity contribution in [1.82, 2.24) is 4.98 Å². The van der Waals surface area contributed by atoms with Gasteiger partial charge in [-0.3, -0.25) is 4.79 Å². The highest BCUT2D eigenvalue weighted by Gasteiger charge is 2.08. The van der Waals surface area contributed by atoms with Gasteiger partial charge in [0, 0.05) is 16.6 Å². The monoisotopic (exact) mass is 359 g/mol. The second kappa shape index (κ2) is 7.40. The Kier molecular flexibility index (Phi) is 5.04. The van der Waals surface area contributed by atoms with E-state index in [0.29, 0.717) is 5.69 Å². The van der Waals surface area contributed by atoms with Crippen LogP contribution in [0.3, 0.4) is 0 Å². The third-order valence-corrected chi connectivity index (χ3v) is 4.20. The van der Waals surface area contributed by atoms with Gasteiger partial charge in [0.05, 0.1) is 22.9 Å². The number of hydrogen-bond acceptors (Lipinski definition) is 4. The second-order valence-corrected chi connectivity index (χ2v) is 6.42. The van der Waals surface area contributed by atoms with E-state index in [0.717, 1.165) is 34.5 Å². The zero-order chi connectivity index (χ0) is 17.8. The fraction of sp³-hybridized carbons (Fsp3) is 0.111. The lowest BCUT2D eigenvalue weighted by Gasteiger charge is -2.09. The lowest BCUT2D eigenvalue weighted by molar-refractivity contribution is -0.114. The lowest BCUT2D eigenvalue weighted by Crippen LogP contribution is -2.22. The Balaban J connectivity index is 1.64. The molecule has 0 saturated heterocycles. The van der Waals surface area contributed by atoms with Gasteiger partial charge >= 0.3 is 0 Å². The molecule has 4 nitrogen and oxygen atoms in total. The fourth-order valence-electron chi connectivity index (χ4n) is 2.27. The molecule has 0 bridgehead atoms. The number of carbonyl (C=O) groups excluding carboxylic acids is 1. The molecule has 3 aromatic rings. The summed E-state index contributed by atoms with van der Waals surface area (Å²) >= 11 is 1.55. The number of nitrogens with one attached hydrogen (secondary N) is 2. The standard InChI is InChI=1S/C18H15F2N3OS/c1-11-22-17(10-25-11)12-3-2-4-14(7-12)23-18(24)9-21-16-8-13(19)5-6-15(16)20/h2-8,10,21H,9H2,1H3,(H,23,24). The number of hydrogen-bond donors (Lipinski definition) is 2. The molecule has 0 fully saturated rings. The molecule has 2 aromatic carbocycles. The van der Waals surface area contributed by atoms with Gasteiger partial charge in [-0.2, -0.15) is 0 Å². The minimum Gasteiger partial charge on any atom is -0.374 e. The molecule has 128 valence electrons. The second-order valence-electron chi connectivity index (χ2n) is 5.36. The van der Waals surface area contributed by atoms with Crippen molar-refractivity contribution in [1.29, 1.82) is 0 Å². The van der Waals surface area contributed by atoms with Gasteiger partial charge < -0.3 is 10.6 Å². The van der Waals surface area contributed by atoms with Crippen LogP contribution < -0.4 is 10.6 Å².